The fourth-order valence-corrected chi connectivity index (χ4v) is 2.56. The topological polar surface area (TPSA) is 60.7 Å². The summed E-state index contributed by atoms with van der Waals surface area (Å²) in [4.78, 5) is 0. The molecule has 0 bridgehead atoms. The standard InChI is InChI=1S/C17H36O3/c1-3-4-5-6-7-8-9-10-11-13-16(19)17(2,20)14-12-15-18/h16,18-20H,3-15H2,1-2H3. The van der Waals surface area contributed by atoms with Crippen LogP contribution in [0.1, 0.15) is 90.9 Å². The highest BCUT2D eigenvalue weighted by Crippen LogP contribution is 2.21. The van der Waals surface area contributed by atoms with Crippen LogP contribution in [0.5, 0.6) is 0 Å². The Balaban J connectivity index is 3.45. The van der Waals surface area contributed by atoms with Crippen molar-refractivity contribution in [2.24, 2.45) is 0 Å². The van der Waals surface area contributed by atoms with E-state index in [9.17, 15) is 10.2 Å². The van der Waals surface area contributed by atoms with Gasteiger partial charge in [-0.25, -0.2) is 0 Å². The van der Waals surface area contributed by atoms with Crippen LogP contribution in [0.3, 0.4) is 0 Å². The predicted molar refractivity (Wildman–Crippen MR) is 84.8 cm³/mol. The molecule has 3 heteroatoms. The Kier molecular flexibility index (Phi) is 12.5. The largest absolute Gasteiger partial charge is 0.396 e. The molecule has 3 nitrogen and oxygen atoms in total. The molecule has 3 N–H and O–H groups in total. The van der Waals surface area contributed by atoms with E-state index in [1.54, 1.807) is 6.92 Å². The summed E-state index contributed by atoms with van der Waals surface area (Å²) in [5, 5.41) is 28.8. The summed E-state index contributed by atoms with van der Waals surface area (Å²) < 4.78 is 0. The van der Waals surface area contributed by atoms with Gasteiger partial charge in [-0.1, -0.05) is 64.7 Å². The van der Waals surface area contributed by atoms with Crippen LogP contribution < -0.4 is 0 Å². The molecule has 0 aliphatic rings. The van der Waals surface area contributed by atoms with Crippen LogP contribution in [-0.2, 0) is 0 Å². The van der Waals surface area contributed by atoms with Gasteiger partial charge in [-0.15, -0.1) is 0 Å². The number of hydrogen-bond acceptors (Lipinski definition) is 3. The van der Waals surface area contributed by atoms with Gasteiger partial charge < -0.3 is 15.3 Å². The summed E-state index contributed by atoms with van der Waals surface area (Å²) in [6.45, 7) is 3.97. The number of aliphatic hydroxyl groups is 3. The summed E-state index contributed by atoms with van der Waals surface area (Å²) >= 11 is 0. The van der Waals surface area contributed by atoms with Crippen molar-refractivity contribution in [1.29, 1.82) is 0 Å². The molecule has 0 saturated carbocycles. The number of unbranched alkanes of at least 4 members (excludes halogenated alkanes) is 8. The lowest BCUT2D eigenvalue weighted by Gasteiger charge is -2.29. The van der Waals surface area contributed by atoms with Crippen LogP contribution in [0.25, 0.3) is 0 Å². The van der Waals surface area contributed by atoms with Crippen LogP contribution in [0.4, 0.5) is 0 Å². The molecule has 0 aromatic rings. The van der Waals surface area contributed by atoms with E-state index in [1.165, 1.54) is 44.9 Å². The van der Waals surface area contributed by atoms with Gasteiger partial charge in [0.1, 0.15) is 0 Å². The lowest BCUT2D eigenvalue weighted by Crippen LogP contribution is -2.39. The molecule has 122 valence electrons. The van der Waals surface area contributed by atoms with E-state index in [1.807, 2.05) is 0 Å². The molecule has 0 spiro atoms. The Morgan fingerprint density at radius 3 is 1.85 bits per heavy atom. The Labute approximate surface area is 125 Å². The van der Waals surface area contributed by atoms with Gasteiger partial charge in [0.05, 0.1) is 11.7 Å². The van der Waals surface area contributed by atoms with Crippen molar-refractivity contribution in [3.8, 4) is 0 Å². The minimum absolute atomic E-state index is 0.0703. The maximum atomic E-state index is 10.1. The lowest BCUT2D eigenvalue weighted by atomic mass is 9.90. The SMILES string of the molecule is CCCCCCCCCCCC(O)C(C)(O)CCCO. The zero-order valence-corrected chi connectivity index (χ0v) is 13.6. The van der Waals surface area contributed by atoms with Crippen molar-refractivity contribution in [2.75, 3.05) is 6.61 Å². The summed E-state index contributed by atoms with van der Waals surface area (Å²) in [5.74, 6) is 0. The van der Waals surface area contributed by atoms with Gasteiger partial charge in [0, 0.05) is 6.61 Å². The summed E-state index contributed by atoms with van der Waals surface area (Å²) in [6.07, 6.45) is 12.3. The molecule has 0 aliphatic carbocycles. The zero-order chi connectivity index (χ0) is 15.3. The molecule has 2 atom stereocenters. The number of aliphatic hydroxyl groups excluding tert-OH is 2. The van der Waals surface area contributed by atoms with E-state index < -0.39 is 11.7 Å². The maximum Gasteiger partial charge on any atom is 0.0878 e. The first kappa shape index (κ1) is 19.9. The molecule has 0 aromatic heterocycles. The predicted octanol–water partition coefficient (Wildman–Crippen LogP) is 3.79. The quantitative estimate of drug-likeness (QED) is 0.426. The highest BCUT2D eigenvalue weighted by atomic mass is 16.3. The van der Waals surface area contributed by atoms with Crippen LogP contribution in [0.15, 0.2) is 0 Å². The average molecular weight is 288 g/mol. The molecule has 20 heavy (non-hydrogen) atoms. The van der Waals surface area contributed by atoms with Crippen molar-refractivity contribution in [3.05, 3.63) is 0 Å². The smallest absolute Gasteiger partial charge is 0.0878 e. The average Bonchev–Trinajstić information content (AvgIpc) is 2.43. The first-order valence-electron chi connectivity index (χ1n) is 8.56. The van der Waals surface area contributed by atoms with E-state index >= 15 is 0 Å². The Hall–Kier alpha value is -0.120. The molecule has 0 radical (unpaired) electrons. The van der Waals surface area contributed by atoms with Gasteiger partial charge in [-0.05, 0) is 26.2 Å². The van der Waals surface area contributed by atoms with Gasteiger partial charge in [0.15, 0.2) is 0 Å². The number of rotatable bonds is 14. The van der Waals surface area contributed by atoms with E-state index in [2.05, 4.69) is 6.92 Å². The van der Waals surface area contributed by atoms with E-state index in [0.29, 0.717) is 19.3 Å². The minimum Gasteiger partial charge on any atom is -0.396 e. The maximum absolute atomic E-state index is 10.1. The summed E-state index contributed by atoms with van der Waals surface area (Å²) in [7, 11) is 0. The van der Waals surface area contributed by atoms with E-state index in [0.717, 1.165) is 12.8 Å². The molecule has 0 aromatic carbocycles. The van der Waals surface area contributed by atoms with Crippen LogP contribution in [0, 0.1) is 0 Å². The molecule has 0 aliphatic heterocycles. The fraction of sp³-hybridized carbons (Fsp3) is 1.00. The van der Waals surface area contributed by atoms with Gasteiger partial charge in [0.25, 0.3) is 0 Å². The molecule has 2 unspecified atom stereocenters. The van der Waals surface area contributed by atoms with Gasteiger partial charge in [0.2, 0.25) is 0 Å². The van der Waals surface area contributed by atoms with E-state index in [-0.39, 0.29) is 6.61 Å². The molecule has 0 rings (SSSR count). The van der Waals surface area contributed by atoms with Crippen LogP contribution >= 0.6 is 0 Å². The molecular formula is C17H36O3. The lowest BCUT2D eigenvalue weighted by molar-refractivity contribution is -0.0735. The second-order valence-corrected chi connectivity index (χ2v) is 6.32. The van der Waals surface area contributed by atoms with Crippen molar-refractivity contribution < 1.29 is 15.3 Å². The summed E-state index contributed by atoms with van der Waals surface area (Å²) in [6, 6.07) is 0. The molecule has 0 saturated heterocycles. The van der Waals surface area contributed by atoms with Crippen molar-refractivity contribution in [3.63, 3.8) is 0 Å². The second-order valence-electron chi connectivity index (χ2n) is 6.32. The van der Waals surface area contributed by atoms with Crippen molar-refractivity contribution in [1.82, 2.24) is 0 Å². The van der Waals surface area contributed by atoms with Crippen LogP contribution in [-0.4, -0.2) is 33.6 Å². The Bertz CT molecular complexity index is 204. The monoisotopic (exact) mass is 288 g/mol. The van der Waals surface area contributed by atoms with Crippen LogP contribution in [0.2, 0.25) is 0 Å². The minimum atomic E-state index is -1.05. The normalized spacial score (nSPS) is 16.1. The zero-order valence-electron chi connectivity index (χ0n) is 13.6. The first-order chi connectivity index (χ1) is 9.54. The Morgan fingerprint density at radius 2 is 1.35 bits per heavy atom. The first-order valence-corrected chi connectivity index (χ1v) is 8.56. The van der Waals surface area contributed by atoms with Crippen molar-refractivity contribution in [2.45, 2.75) is 103 Å². The second kappa shape index (κ2) is 12.6. The van der Waals surface area contributed by atoms with Gasteiger partial charge in [-0.2, -0.15) is 0 Å². The highest BCUT2D eigenvalue weighted by Gasteiger charge is 2.28. The molecule has 0 amide bonds. The summed E-state index contributed by atoms with van der Waals surface area (Å²) in [5.41, 5.74) is -1.05. The third-order valence-corrected chi connectivity index (χ3v) is 4.14. The van der Waals surface area contributed by atoms with Gasteiger partial charge in [-0.3, -0.25) is 0 Å². The van der Waals surface area contributed by atoms with E-state index in [4.69, 9.17) is 5.11 Å². The Morgan fingerprint density at radius 1 is 0.850 bits per heavy atom. The number of hydrogen-bond donors (Lipinski definition) is 3. The fourth-order valence-electron chi connectivity index (χ4n) is 2.56. The third kappa shape index (κ3) is 10.6. The third-order valence-electron chi connectivity index (χ3n) is 4.14. The molecular weight excluding hydrogens is 252 g/mol. The molecule has 0 heterocycles. The molecule has 0 fully saturated rings. The highest BCUT2D eigenvalue weighted by molar-refractivity contribution is 4.81. The van der Waals surface area contributed by atoms with Crippen molar-refractivity contribution >= 4 is 0 Å². The van der Waals surface area contributed by atoms with Gasteiger partial charge >= 0.3 is 0 Å².